The first kappa shape index (κ1) is 19.7. The van der Waals surface area contributed by atoms with Gasteiger partial charge in [0.05, 0.1) is 25.9 Å². The lowest BCUT2D eigenvalue weighted by Gasteiger charge is -2.06. The molecule has 0 aromatic rings. The van der Waals surface area contributed by atoms with Gasteiger partial charge in [-0.3, -0.25) is 0 Å². The molecule has 1 unspecified atom stereocenters. The number of ether oxygens (including phenoxy) is 2. The summed E-state index contributed by atoms with van der Waals surface area (Å²) in [5, 5.41) is 9.71. The highest BCUT2D eigenvalue weighted by atomic mass is 16.6. The Hall–Kier alpha value is -0.280. The molecule has 0 spiro atoms. The third-order valence-electron chi connectivity index (χ3n) is 2.30. The van der Waals surface area contributed by atoms with E-state index in [1.54, 1.807) is 0 Å². The Kier molecular flexibility index (Phi) is 16.5. The maximum absolute atomic E-state index is 5.32. The summed E-state index contributed by atoms with van der Waals surface area (Å²) in [6.07, 6.45) is 0.583. The molecule has 0 aliphatic carbocycles. The Morgan fingerprint density at radius 2 is 1.15 bits per heavy atom. The van der Waals surface area contributed by atoms with Gasteiger partial charge >= 0.3 is 0 Å². The molecular formula is C13H33N5O2. The van der Waals surface area contributed by atoms with Crippen LogP contribution in [0.2, 0.25) is 0 Å². The third-order valence-corrected chi connectivity index (χ3v) is 2.30. The van der Waals surface area contributed by atoms with E-state index in [0.29, 0.717) is 19.2 Å². The van der Waals surface area contributed by atoms with Gasteiger partial charge in [-0.1, -0.05) is 0 Å². The standard InChI is InChI=1S/C8H23N5.C3H6O.C2H4O/c9-1-3-11-5-7-13-8-6-12-4-2-10;1-3-2-4-3;1-2-3-1/h11-13H,1-10H2;3H,2H2,1H3;1-2H2. The smallest absolute Gasteiger partial charge is 0.0781 e. The molecule has 7 N–H and O–H groups in total. The fraction of sp³-hybridized carbons (Fsp3) is 1.00. The van der Waals surface area contributed by atoms with Crippen LogP contribution in [-0.2, 0) is 9.47 Å². The molecular weight excluding hydrogens is 258 g/mol. The molecule has 0 amide bonds. The highest BCUT2D eigenvalue weighted by molar-refractivity contribution is 4.58. The van der Waals surface area contributed by atoms with Crippen LogP contribution >= 0.6 is 0 Å². The molecule has 7 heteroatoms. The van der Waals surface area contributed by atoms with Crippen molar-refractivity contribution >= 4 is 0 Å². The van der Waals surface area contributed by atoms with E-state index in [4.69, 9.17) is 16.2 Å². The predicted molar refractivity (Wildman–Crippen MR) is 83.0 cm³/mol. The number of hydrogen-bond acceptors (Lipinski definition) is 7. The third kappa shape index (κ3) is 26.3. The number of rotatable bonds is 10. The van der Waals surface area contributed by atoms with Crippen LogP contribution in [0, 0.1) is 0 Å². The van der Waals surface area contributed by atoms with Crippen LogP contribution in [0.1, 0.15) is 6.92 Å². The number of epoxide rings is 2. The summed E-state index contributed by atoms with van der Waals surface area (Å²) in [6, 6.07) is 0. The summed E-state index contributed by atoms with van der Waals surface area (Å²) in [5.41, 5.74) is 10.6. The molecule has 0 saturated carbocycles. The first-order valence-electron chi connectivity index (χ1n) is 7.53. The van der Waals surface area contributed by atoms with Gasteiger partial charge in [0.25, 0.3) is 0 Å². The minimum Gasteiger partial charge on any atom is -0.377 e. The van der Waals surface area contributed by atoms with Gasteiger partial charge in [-0.05, 0) is 6.92 Å². The van der Waals surface area contributed by atoms with Crippen molar-refractivity contribution in [1.29, 1.82) is 0 Å². The maximum atomic E-state index is 5.32. The molecule has 20 heavy (non-hydrogen) atoms. The van der Waals surface area contributed by atoms with Crippen molar-refractivity contribution in [3.8, 4) is 0 Å². The van der Waals surface area contributed by atoms with Gasteiger partial charge in [-0.15, -0.1) is 0 Å². The Bertz CT molecular complexity index is 167. The minimum atomic E-state index is 0.583. The van der Waals surface area contributed by atoms with E-state index >= 15 is 0 Å². The molecule has 2 aliphatic rings. The predicted octanol–water partition coefficient (Wildman–Crippen LogP) is -1.91. The number of hydrogen-bond donors (Lipinski definition) is 5. The van der Waals surface area contributed by atoms with Crippen molar-refractivity contribution in [2.24, 2.45) is 11.5 Å². The van der Waals surface area contributed by atoms with Crippen LogP contribution in [0.3, 0.4) is 0 Å². The zero-order chi connectivity index (χ0) is 14.9. The van der Waals surface area contributed by atoms with Crippen LogP contribution in [0.4, 0.5) is 0 Å². The van der Waals surface area contributed by atoms with Gasteiger partial charge in [0.2, 0.25) is 0 Å². The summed E-state index contributed by atoms with van der Waals surface area (Å²) in [4.78, 5) is 0. The molecule has 2 saturated heterocycles. The van der Waals surface area contributed by atoms with E-state index in [-0.39, 0.29) is 0 Å². The Labute approximate surface area is 123 Å². The minimum absolute atomic E-state index is 0.583. The average Bonchev–Trinajstić information content (AvgIpc) is 3.31. The molecule has 0 aromatic carbocycles. The van der Waals surface area contributed by atoms with E-state index in [1.165, 1.54) is 0 Å². The highest BCUT2D eigenvalue weighted by Crippen LogP contribution is 2.04. The van der Waals surface area contributed by atoms with E-state index in [9.17, 15) is 0 Å². The lowest BCUT2D eigenvalue weighted by atomic mass is 10.5. The zero-order valence-corrected chi connectivity index (χ0v) is 12.8. The van der Waals surface area contributed by atoms with Gasteiger partial charge in [0, 0.05) is 52.4 Å². The molecule has 2 rings (SSSR count). The van der Waals surface area contributed by atoms with Gasteiger partial charge in [0.1, 0.15) is 0 Å². The molecule has 122 valence electrons. The fourth-order valence-electron chi connectivity index (χ4n) is 1.03. The molecule has 0 aromatic heterocycles. The van der Waals surface area contributed by atoms with Crippen LogP contribution in [-0.4, -0.2) is 78.3 Å². The normalized spacial score (nSPS) is 18.4. The van der Waals surface area contributed by atoms with Crippen molar-refractivity contribution in [3.05, 3.63) is 0 Å². The molecule has 1 atom stereocenters. The van der Waals surface area contributed by atoms with E-state index in [0.717, 1.165) is 59.1 Å². The Morgan fingerprint density at radius 3 is 1.35 bits per heavy atom. The quantitative estimate of drug-likeness (QED) is 0.236. The largest absolute Gasteiger partial charge is 0.377 e. The molecule has 0 bridgehead atoms. The lowest BCUT2D eigenvalue weighted by Crippen LogP contribution is -2.35. The lowest BCUT2D eigenvalue weighted by molar-refractivity contribution is 0.423. The second-order valence-electron chi connectivity index (χ2n) is 4.58. The summed E-state index contributed by atoms with van der Waals surface area (Å²) in [7, 11) is 0. The summed E-state index contributed by atoms with van der Waals surface area (Å²) >= 11 is 0. The molecule has 0 radical (unpaired) electrons. The molecule has 2 heterocycles. The van der Waals surface area contributed by atoms with E-state index < -0.39 is 0 Å². The van der Waals surface area contributed by atoms with Gasteiger partial charge in [-0.25, -0.2) is 0 Å². The fourth-order valence-corrected chi connectivity index (χ4v) is 1.03. The topological polar surface area (TPSA) is 113 Å². The Morgan fingerprint density at radius 1 is 0.850 bits per heavy atom. The van der Waals surface area contributed by atoms with Gasteiger partial charge in [-0.2, -0.15) is 0 Å². The van der Waals surface area contributed by atoms with Crippen molar-refractivity contribution in [2.45, 2.75) is 13.0 Å². The average molecular weight is 291 g/mol. The van der Waals surface area contributed by atoms with Crippen LogP contribution in [0.25, 0.3) is 0 Å². The summed E-state index contributed by atoms with van der Waals surface area (Å²) < 4.78 is 9.21. The first-order chi connectivity index (χ1) is 9.81. The summed E-state index contributed by atoms with van der Waals surface area (Å²) in [6.45, 7) is 12.2. The second-order valence-corrected chi connectivity index (χ2v) is 4.58. The van der Waals surface area contributed by atoms with E-state index in [2.05, 4.69) is 27.6 Å². The van der Waals surface area contributed by atoms with Crippen molar-refractivity contribution in [1.82, 2.24) is 16.0 Å². The summed E-state index contributed by atoms with van der Waals surface area (Å²) in [5.74, 6) is 0. The monoisotopic (exact) mass is 291 g/mol. The highest BCUT2D eigenvalue weighted by Gasteiger charge is 2.13. The van der Waals surface area contributed by atoms with Crippen molar-refractivity contribution in [3.63, 3.8) is 0 Å². The van der Waals surface area contributed by atoms with Crippen LogP contribution < -0.4 is 27.4 Å². The van der Waals surface area contributed by atoms with Crippen molar-refractivity contribution in [2.75, 3.05) is 72.2 Å². The number of nitrogens with one attached hydrogen (secondary N) is 3. The van der Waals surface area contributed by atoms with Crippen LogP contribution in [0.5, 0.6) is 0 Å². The van der Waals surface area contributed by atoms with Crippen molar-refractivity contribution < 1.29 is 9.47 Å². The van der Waals surface area contributed by atoms with E-state index in [1.807, 2.05) is 0 Å². The molecule has 2 fully saturated rings. The van der Waals surface area contributed by atoms with Crippen LogP contribution in [0.15, 0.2) is 0 Å². The molecule has 2 aliphatic heterocycles. The maximum Gasteiger partial charge on any atom is 0.0781 e. The zero-order valence-electron chi connectivity index (χ0n) is 12.8. The second kappa shape index (κ2) is 16.8. The Balaban J connectivity index is 0.000000407. The SMILES string of the molecule is C1CO1.CC1CO1.NCCNCCNCCNCCN. The first-order valence-corrected chi connectivity index (χ1v) is 7.53. The number of nitrogens with two attached hydrogens (primary N) is 2. The molecule has 7 nitrogen and oxygen atoms in total. The van der Waals surface area contributed by atoms with Gasteiger partial charge in [0.15, 0.2) is 0 Å². The van der Waals surface area contributed by atoms with Gasteiger partial charge < -0.3 is 36.9 Å².